The lowest BCUT2D eigenvalue weighted by Gasteiger charge is -2.05. The molecule has 0 radical (unpaired) electrons. The predicted molar refractivity (Wildman–Crippen MR) is 66.1 cm³/mol. The van der Waals surface area contributed by atoms with Gasteiger partial charge in [-0.1, -0.05) is 25.7 Å². The van der Waals surface area contributed by atoms with Crippen LogP contribution in [0, 0.1) is 11.6 Å². The monoisotopic (exact) mass is 216 g/mol. The van der Waals surface area contributed by atoms with Gasteiger partial charge in [-0.3, -0.25) is 0 Å². The molecule has 0 amide bonds. The highest BCUT2D eigenvalue weighted by atomic mass is 28.3. The maximum atomic E-state index is 4.31. The Morgan fingerprint density at radius 2 is 2.20 bits per heavy atom. The topological polar surface area (TPSA) is 17.8 Å². The Morgan fingerprint density at radius 1 is 1.40 bits per heavy atom. The van der Waals surface area contributed by atoms with E-state index in [0.717, 1.165) is 12.8 Å². The second kappa shape index (κ2) is 3.71. The summed E-state index contributed by atoms with van der Waals surface area (Å²) >= 11 is 0. The van der Waals surface area contributed by atoms with E-state index in [2.05, 4.69) is 48.5 Å². The van der Waals surface area contributed by atoms with Crippen LogP contribution in [0.4, 0.5) is 0 Å². The molecule has 2 nitrogen and oxygen atoms in total. The molecule has 0 aromatic carbocycles. The van der Waals surface area contributed by atoms with Gasteiger partial charge in [0.1, 0.15) is 8.07 Å². The molecule has 0 saturated carbocycles. The van der Waals surface area contributed by atoms with E-state index in [-0.39, 0.29) is 0 Å². The maximum Gasteiger partial charge on any atom is 0.131 e. The number of rotatable bonds is 0. The Labute approximate surface area is 92.0 Å². The third-order valence-corrected chi connectivity index (χ3v) is 3.14. The summed E-state index contributed by atoms with van der Waals surface area (Å²) in [5.41, 5.74) is 5.82. The van der Waals surface area contributed by atoms with Gasteiger partial charge in [-0.15, -0.1) is 5.54 Å². The lowest BCUT2D eigenvalue weighted by atomic mass is 10.1. The fraction of sp³-hybridized carbons (Fsp3) is 0.417. The largest absolute Gasteiger partial charge is 0.190 e. The summed E-state index contributed by atoms with van der Waals surface area (Å²) < 4.78 is 1.82. The van der Waals surface area contributed by atoms with Gasteiger partial charge in [0.15, 0.2) is 0 Å². The molecule has 1 heterocycles. The van der Waals surface area contributed by atoms with Crippen molar-refractivity contribution < 1.29 is 0 Å². The smallest absolute Gasteiger partial charge is 0.131 e. The highest BCUT2D eigenvalue weighted by Crippen LogP contribution is 2.17. The molecule has 1 aromatic rings. The number of allylic oxidation sites excluding steroid dienone is 1. The Balaban J connectivity index is 2.34. The SMILES string of the molecule is C[Si](C)(C)C#Cn1ncc2c1C=CCC2. The van der Waals surface area contributed by atoms with Crippen LogP contribution in [0.5, 0.6) is 0 Å². The second-order valence-electron chi connectivity index (χ2n) is 4.89. The van der Waals surface area contributed by atoms with Crippen LogP contribution in [-0.4, -0.2) is 17.9 Å². The molecule has 0 bridgehead atoms. The summed E-state index contributed by atoms with van der Waals surface area (Å²) in [6.45, 7) is 6.73. The number of aryl methyl sites for hydroxylation is 1. The molecule has 0 aliphatic heterocycles. The van der Waals surface area contributed by atoms with Crippen LogP contribution in [-0.2, 0) is 6.42 Å². The molecule has 78 valence electrons. The summed E-state index contributed by atoms with van der Waals surface area (Å²) in [4.78, 5) is 0. The summed E-state index contributed by atoms with van der Waals surface area (Å²) in [7, 11) is -1.30. The van der Waals surface area contributed by atoms with E-state index in [9.17, 15) is 0 Å². The maximum absolute atomic E-state index is 4.31. The van der Waals surface area contributed by atoms with Crippen LogP contribution in [0.1, 0.15) is 17.7 Å². The van der Waals surface area contributed by atoms with Crippen molar-refractivity contribution in [3.63, 3.8) is 0 Å². The number of hydrogen-bond donors (Lipinski definition) is 0. The molecular formula is C12H16N2Si. The van der Waals surface area contributed by atoms with Crippen LogP contribution in [0.3, 0.4) is 0 Å². The zero-order valence-corrected chi connectivity index (χ0v) is 10.5. The van der Waals surface area contributed by atoms with E-state index in [0.29, 0.717) is 0 Å². The third-order valence-electron chi connectivity index (χ3n) is 2.28. The standard InChI is InChI=1S/C12H16N2Si/c1-15(2,3)9-8-14-12-7-5-4-6-11(12)10-13-14/h5,7,10H,4,6H2,1-3H3. The summed E-state index contributed by atoms with van der Waals surface area (Å²) in [5, 5.41) is 4.31. The number of fused-ring (bicyclic) bond motifs is 1. The normalized spacial score (nSPS) is 14.3. The van der Waals surface area contributed by atoms with Gasteiger partial charge >= 0.3 is 0 Å². The minimum atomic E-state index is -1.30. The van der Waals surface area contributed by atoms with Crippen LogP contribution in [0.2, 0.25) is 19.6 Å². The fourth-order valence-electron chi connectivity index (χ4n) is 1.51. The van der Waals surface area contributed by atoms with E-state index in [1.54, 1.807) is 0 Å². The van der Waals surface area contributed by atoms with Crippen molar-refractivity contribution in [2.45, 2.75) is 32.5 Å². The van der Waals surface area contributed by atoms with Gasteiger partial charge in [0.2, 0.25) is 0 Å². The molecule has 1 aliphatic rings. The average molecular weight is 216 g/mol. The van der Waals surface area contributed by atoms with Gasteiger partial charge in [-0.05, 0) is 24.5 Å². The first-order valence-electron chi connectivity index (χ1n) is 5.33. The van der Waals surface area contributed by atoms with Crippen LogP contribution in [0.15, 0.2) is 12.3 Å². The zero-order chi connectivity index (χ0) is 10.9. The molecule has 0 spiro atoms. The van der Waals surface area contributed by atoms with E-state index in [1.807, 2.05) is 10.9 Å². The molecular weight excluding hydrogens is 200 g/mol. The van der Waals surface area contributed by atoms with Gasteiger partial charge < -0.3 is 0 Å². The van der Waals surface area contributed by atoms with Gasteiger partial charge in [0.05, 0.1) is 11.9 Å². The van der Waals surface area contributed by atoms with Gasteiger partial charge in [-0.25, -0.2) is 0 Å². The van der Waals surface area contributed by atoms with Gasteiger partial charge in [-0.2, -0.15) is 9.78 Å². The Bertz CT molecular complexity index is 452. The second-order valence-corrected chi connectivity index (χ2v) is 9.64. The van der Waals surface area contributed by atoms with E-state index in [4.69, 9.17) is 0 Å². The molecule has 0 fully saturated rings. The van der Waals surface area contributed by atoms with Crippen molar-refractivity contribution in [3.05, 3.63) is 23.5 Å². The molecule has 0 N–H and O–H groups in total. The minimum absolute atomic E-state index is 1.10. The molecule has 0 unspecified atom stereocenters. The molecule has 15 heavy (non-hydrogen) atoms. The lowest BCUT2D eigenvalue weighted by Crippen LogP contribution is -2.17. The lowest BCUT2D eigenvalue weighted by molar-refractivity contribution is 0.898. The molecule has 3 heteroatoms. The molecule has 0 saturated heterocycles. The van der Waals surface area contributed by atoms with E-state index >= 15 is 0 Å². The average Bonchev–Trinajstić information content (AvgIpc) is 2.57. The number of aromatic nitrogens is 2. The van der Waals surface area contributed by atoms with E-state index < -0.39 is 8.07 Å². The predicted octanol–water partition coefficient (Wildman–Crippen LogP) is 2.53. The molecule has 1 aliphatic carbocycles. The minimum Gasteiger partial charge on any atom is -0.190 e. The fourth-order valence-corrected chi connectivity index (χ4v) is 1.95. The number of hydrogen-bond acceptors (Lipinski definition) is 1. The molecule has 2 rings (SSSR count). The highest BCUT2D eigenvalue weighted by molar-refractivity contribution is 6.83. The van der Waals surface area contributed by atoms with Crippen molar-refractivity contribution in [2.24, 2.45) is 0 Å². The first-order chi connectivity index (χ1) is 7.06. The van der Waals surface area contributed by atoms with Crippen molar-refractivity contribution in [3.8, 4) is 11.6 Å². The number of nitrogens with zero attached hydrogens (tertiary/aromatic N) is 2. The van der Waals surface area contributed by atoms with Crippen LogP contribution >= 0.6 is 0 Å². The van der Waals surface area contributed by atoms with Crippen LogP contribution in [0.25, 0.3) is 6.08 Å². The Morgan fingerprint density at radius 3 is 2.93 bits per heavy atom. The third kappa shape index (κ3) is 2.40. The quantitative estimate of drug-likeness (QED) is 0.481. The Kier molecular flexibility index (Phi) is 2.53. The first-order valence-corrected chi connectivity index (χ1v) is 8.83. The van der Waals surface area contributed by atoms with E-state index in [1.165, 1.54) is 11.3 Å². The van der Waals surface area contributed by atoms with Crippen molar-refractivity contribution >= 4 is 14.1 Å². The summed E-state index contributed by atoms with van der Waals surface area (Å²) in [6, 6.07) is 3.16. The highest BCUT2D eigenvalue weighted by Gasteiger charge is 2.11. The summed E-state index contributed by atoms with van der Waals surface area (Å²) in [6.07, 6.45) is 8.49. The van der Waals surface area contributed by atoms with Gasteiger partial charge in [0, 0.05) is 6.04 Å². The van der Waals surface area contributed by atoms with Crippen molar-refractivity contribution in [1.82, 2.24) is 9.78 Å². The zero-order valence-electron chi connectivity index (χ0n) is 9.54. The van der Waals surface area contributed by atoms with Crippen molar-refractivity contribution in [2.75, 3.05) is 0 Å². The van der Waals surface area contributed by atoms with Gasteiger partial charge in [0.25, 0.3) is 0 Å². The van der Waals surface area contributed by atoms with Crippen LogP contribution < -0.4 is 0 Å². The molecule has 0 atom stereocenters. The first kappa shape index (κ1) is 10.3. The van der Waals surface area contributed by atoms with Crippen molar-refractivity contribution in [1.29, 1.82) is 0 Å². The summed E-state index contributed by atoms with van der Waals surface area (Å²) in [5.74, 6) is 0. The molecule has 1 aromatic heterocycles. The Hall–Kier alpha value is -1.27.